The number of benzene rings is 4. The number of aromatic hydroxyl groups is 1. The molecule has 0 radical (unpaired) electrons. The van der Waals surface area contributed by atoms with Crippen molar-refractivity contribution in [3.05, 3.63) is 120 Å². The summed E-state index contributed by atoms with van der Waals surface area (Å²) in [5.74, 6) is -1.51. The molecule has 37 heavy (non-hydrogen) atoms. The Bertz CT molecular complexity index is 1420. The summed E-state index contributed by atoms with van der Waals surface area (Å²) in [5, 5.41) is 19.3. The van der Waals surface area contributed by atoms with Gasteiger partial charge >= 0.3 is 5.97 Å². The molecule has 0 bridgehead atoms. The van der Waals surface area contributed by atoms with Crippen LogP contribution in [0.3, 0.4) is 0 Å². The Morgan fingerprint density at radius 1 is 0.784 bits per heavy atom. The number of aliphatic carboxylic acids is 1. The fourth-order valence-corrected chi connectivity index (χ4v) is 3.98. The molecule has 186 valence electrons. The predicted octanol–water partition coefficient (Wildman–Crippen LogP) is 6.07. The number of carboxylic acid groups (broad SMARTS) is 1. The monoisotopic (exact) mass is 492 g/mol. The zero-order chi connectivity index (χ0) is 26.4. The number of carbonyl (C=O) groups excluding carboxylic acids is 1. The second-order valence-electron chi connectivity index (χ2n) is 8.81. The van der Waals surface area contributed by atoms with E-state index in [1.807, 2.05) is 38.4 Å². The number of carbonyl (C=O) groups is 2. The molecule has 0 saturated carbocycles. The molecule has 4 rings (SSSR count). The molecular weight excluding hydrogens is 464 g/mol. The Balaban J connectivity index is 1.65. The van der Waals surface area contributed by atoms with Crippen LogP contribution in [-0.2, 0) is 11.3 Å². The number of phenolic OH excluding ortho intramolecular Hbond substituents is 1. The highest BCUT2D eigenvalue weighted by Gasteiger charge is 2.21. The predicted molar refractivity (Wildman–Crippen MR) is 148 cm³/mol. The molecule has 4 aromatic rings. The van der Waals surface area contributed by atoms with Gasteiger partial charge in [0, 0.05) is 31.5 Å². The van der Waals surface area contributed by atoms with E-state index >= 15 is 0 Å². The van der Waals surface area contributed by atoms with Crippen molar-refractivity contribution in [2.75, 3.05) is 23.9 Å². The van der Waals surface area contributed by atoms with Crippen molar-refractivity contribution < 1.29 is 19.8 Å². The summed E-state index contributed by atoms with van der Waals surface area (Å²) in [6, 6.07) is 29.8. The topological polar surface area (TPSA) is 81.1 Å². The van der Waals surface area contributed by atoms with Gasteiger partial charge in [-0.15, -0.1) is 0 Å². The second kappa shape index (κ2) is 11.3. The van der Waals surface area contributed by atoms with E-state index in [2.05, 4.69) is 29.2 Å². The highest BCUT2D eigenvalue weighted by Crippen LogP contribution is 2.27. The van der Waals surface area contributed by atoms with Crippen molar-refractivity contribution in [2.45, 2.75) is 6.54 Å². The molecule has 0 atom stereocenters. The Morgan fingerprint density at radius 2 is 1.43 bits per heavy atom. The Kier molecular flexibility index (Phi) is 7.69. The Morgan fingerprint density at radius 3 is 2.05 bits per heavy atom. The highest BCUT2D eigenvalue weighted by atomic mass is 16.4. The minimum absolute atomic E-state index is 0.101. The number of carboxylic acids is 1. The van der Waals surface area contributed by atoms with E-state index < -0.39 is 5.97 Å². The molecule has 0 saturated heterocycles. The van der Waals surface area contributed by atoms with E-state index in [9.17, 15) is 14.7 Å². The average molecular weight is 493 g/mol. The fourth-order valence-electron chi connectivity index (χ4n) is 3.98. The Labute approximate surface area is 216 Å². The molecule has 0 fully saturated rings. The van der Waals surface area contributed by atoms with Crippen LogP contribution in [0, 0.1) is 0 Å². The molecule has 0 unspecified atom stereocenters. The normalized spacial score (nSPS) is 10.9. The Hall–Kier alpha value is -4.84. The van der Waals surface area contributed by atoms with Crippen molar-refractivity contribution in [2.24, 2.45) is 0 Å². The fraction of sp³-hybridized carbons (Fsp3) is 0.0968. The number of anilines is 2. The maximum Gasteiger partial charge on any atom is 0.328 e. The van der Waals surface area contributed by atoms with Gasteiger partial charge in [0.15, 0.2) is 0 Å². The van der Waals surface area contributed by atoms with Gasteiger partial charge in [-0.25, -0.2) is 4.79 Å². The van der Waals surface area contributed by atoms with Gasteiger partial charge in [0.2, 0.25) is 0 Å². The molecule has 0 aliphatic rings. The van der Waals surface area contributed by atoms with Gasteiger partial charge in [-0.3, -0.25) is 4.79 Å². The van der Waals surface area contributed by atoms with Gasteiger partial charge in [-0.1, -0.05) is 60.7 Å². The highest BCUT2D eigenvalue weighted by molar-refractivity contribution is 6.07. The van der Waals surface area contributed by atoms with Gasteiger partial charge < -0.3 is 20.0 Å². The van der Waals surface area contributed by atoms with Gasteiger partial charge in [-0.05, 0) is 64.7 Å². The average Bonchev–Trinajstić information content (AvgIpc) is 2.91. The third-order valence-electron chi connectivity index (χ3n) is 5.99. The molecule has 6 heteroatoms. The van der Waals surface area contributed by atoms with Crippen molar-refractivity contribution in [3.8, 4) is 16.9 Å². The lowest BCUT2D eigenvalue weighted by Crippen LogP contribution is -2.30. The summed E-state index contributed by atoms with van der Waals surface area (Å²) in [7, 11) is 4.01. The van der Waals surface area contributed by atoms with E-state index in [-0.39, 0.29) is 23.8 Å². The molecule has 0 spiro atoms. The lowest BCUT2D eigenvalue weighted by Gasteiger charge is -2.24. The molecule has 6 nitrogen and oxygen atoms in total. The van der Waals surface area contributed by atoms with Crippen LogP contribution < -0.4 is 9.80 Å². The summed E-state index contributed by atoms with van der Waals surface area (Å²) in [5.41, 5.74) is 5.61. The van der Waals surface area contributed by atoms with Crippen LogP contribution in [0.5, 0.6) is 5.75 Å². The first-order valence-electron chi connectivity index (χ1n) is 11.8. The second-order valence-corrected chi connectivity index (χ2v) is 8.81. The van der Waals surface area contributed by atoms with Crippen molar-refractivity contribution in [1.82, 2.24) is 0 Å². The number of rotatable bonds is 8. The van der Waals surface area contributed by atoms with Crippen LogP contribution in [0.15, 0.2) is 103 Å². The molecule has 0 aliphatic heterocycles. The lowest BCUT2D eigenvalue weighted by atomic mass is 10.0. The molecule has 0 aromatic heterocycles. The third-order valence-corrected chi connectivity index (χ3v) is 5.99. The molecule has 0 heterocycles. The molecular formula is C31H28N2O4. The summed E-state index contributed by atoms with van der Waals surface area (Å²) in [6.07, 6.45) is 2.53. The summed E-state index contributed by atoms with van der Waals surface area (Å²) >= 11 is 0. The van der Waals surface area contributed by atoms with E-state index in [1.165, 1.54) is 12.1 Å². The number of phenols is 1. The summed E-state index contributed by atoms with van der Waals surface area (Å²) in [4.78, 5) is 28.2. The van der Waals surface area contributed by atoms with Crippen LogP contribution in [0.4, 0.5) is 11.4 Å². The van der Waals surface area contributed by atoms with E-state index in [4.69, 9.17) is 5.11 Å². The van der Waals surface area contributed by atoms with Gasteiger partial charge in [0.05, 0.1) is 12.1 Å². The largest absolute Gasteiger partial charge is 0.507 e. The smallest absolute Gasteiger partial charge is 0.328 e. The van der Waals surface area contributed by atoms with E-state index in [0.717, 1.165) is 28.5 Å². The summed E-state index contributed by atoms with van der Waals surface area (Å²) < 4.78 is 0. The van der Waals surface area contributed by atoms with Crippen molar-refractivity contribution in [3.63, 3.8) is 0 Å². The maximum atomic E-state index is 13.6. The lowest BCUT2D eigenvalue weighted by molar-refractivity contribution is -0.131. The minimum atomic E-state index is -1.05. The van der Waals surface area contributed by atoms with Crippen LogP contribution >= 0.6 is 0 Å². The van der Waals surface area contributed by atoms with Gasteiger partial charge in [0.25, 0.3) is 5.91 Å². The van der Waals surface area contributed by atoms with E-state index in [1.54, 1.807) is 47.4 Å². The van der Waals surface area contributed by atoms with Crippen LogP contribution in [0.1, 0.15) is 21.5 Å². The van der Waals surface area contributed by atoms with Gasteiger partial charge in [0.1, 0.15) is 5.75 Å². The van der Waals surface area contributed by atoms with E-state index in [0.29, 0.717) is 11.3 Å². The van der Waals surface area contributed by atoms with Crippen LogP contribution in [-0.4, -0.2) is 36.2 Å². The number of nitrogens with zero attached hydrogens (tertiary/aromatic N) is 2. The molecule has 4 aromatic carbocycles. The molecule has 0 aliphatic carbocycles. The third kappa shape index (κ3) is 6.24. The molecule has 1 amide bonds. The van der Waals surface area contributed by atoms with Gasteiger partial charge in [-0.2, -0.15) is 0 Å². The number of hydrogen-bond donors (Lipinski definition) is 2. The SMILES string of the molecule is CN(C)c1ccc(-c2ccc(CN(C(=O)c3ccccc3O)c3cccc(/C=C/C(=O)O)c3)cc2)cc1. The number of para-hydroxylation sites is 1. The number of hydrogen-bond acceptors (Lipinski definition) is 4. The van der Waals surface area contributed by atoms with Crippen molar-refractivity contribution in [1.29, 1.82) is 0 Å². The minimum Gasteiger partial charge on any atom is -0.507 e. The quantitative estimate of drug-likeness (QED) is 0.292. The first-order chi connectivity index (χ1) is 17.8. The first-order valence-corrected chi connectivity index (χ1v) is 11.8. The zero-order valence-electron chi connectivity index (χ0n) is 20.7. The number of amides is 1. The summed E-state index contributed by atoms with van der Waals surface area (Å²) in [6.45, 7) is 0.263. The van der Waals surface area contributed by atoms with Crippen LogP contribution in [0.25, 0.3) is 17.2 Å². The maximum absolute atomic E-state index is 13.6. The standard InChI is InChI=1S/C31H28N2O4/c1-32(2)26-17-15-25(16-18-26)24-13-10-23(11-14-24)21-33(31(37)28-8-3-4-9-29(28)34)27-7-5-6-22(20-27)12-19-30(35)36/h3-20,34H,21H2,1-2H3,(H,35,36)/b19-12+. The molecule has 2 N–H and O–H groups in total. The first kappa shape index (κ1) is 25.3. The zero-order valence-corrected chi connectivity index (χ0v) is 20.7. The van der Waals surface area contributed by atoms with Crippen LogP contribution in [0.2, 0.25) is 0 Å². The van der Waals surface area contributed by atoms with Crippen molar-refractivity contribution >= 4 is 29.3 Å².